The molecule has 54 heavy (non-hydrogen) atoms. The third-order valence-corrected chi connectivity index (χ3v) is 9.73. The third kappa shape index (κ3) is 9.81. The Morgan fingerprint density at radius 2 is 1.07 bits per heavy atom. The Balaban J connectivity index is 1.23. The molecule has 2 N–H and O–H groups in total. The molecule has 11 nitrogen and oxygen atoms in total. The zero-order valence-corrected chi connectivity index (χ0v) is 30.6. The van der Waals surface area contributed by atoms with Crippen molar-refractivity contribution in [3.63, 3.8) is 0 Å². The van der Waals surface area contributed by atoms with Crippen LogP contribution in [-0.2, 0) is 69.1 Å². The molecule has 4 aromatic rings. The minimum atomic E-state index is -1.28. The summed E-state index contributed by atoms with van der Waals surface area (Å²) in [5, 5.41) is 20.9. The largest absolute Gasteiger partial charge is 0.394 e. The number of ether oxygens (including phenoxy) is 9. The van der Waals surface area contributed by atoms with Gasteiger partial charge >= 0.3 is 0 Å². The Hall–Kier alpha value is -3.56. The number of aliphatic hydroxyl groups excluding tert-OH is 2. The lowest BCUT2D eigenvalue weighted by Gasteiger charge is -2.47. The molecule has 288 valence electrons. The van der Waals surface area contributed by atoms with Crippen LogP contribution in [-0.4, -0.2) is 90.6 Å². The van der Waals surface area contributed by atoms with Gasteiger partial charge in [0.2, 0.25) is 0 Å². The summed E-state index contributed by atoms with van der Waals surface area (Å²) in [4.78, 5) is 0. The molecular weight excluding hydrogens is 692 g/mol. The Morgan fingerprint density at radius 3 is 1.59 bits per heavy atom. The minimum absolute atomic E-state index is 0.146. The predicted molar refractivity (Wildman–Crippen MR) is 196 cm³/mol. The molecule has 3 heterocycles. The van der Waals surface area contributed by atoms with Crippen molar-refractivity contribution in [2.24, 2.45) is 0 Å². The van der Waals surface area contributed by atoms with Crippen molar-refractivity contribution in [1.29, 1.82) is 0 Å². The Labute approximate surface area is 316 Å². The number of aliphatic hydroxyl groups is 2. The molecule has 10 atom stereocenters. The van der Waals surface area contributed by atoms with E-state index < -0.39 is 73.8 Å². The first-order chi connectivity index (χ1) is 26.4. The van der Waals surface area contributed by atoms with Crippen LogP contribution in [0.3, 0.4) is 0 Å². The zero-order chi connectivity index (χ0) is 37.3. The normalized spacial score (nSPS) is 29.5. The van der Waals surface area contributed by atoms with Gasteiger partial charge in [0.15, 0.2) is 18.4 Å². The van der Waals surface area contributed by atoms with Gasteiger partial charge in [0, 0.05) is 0 Å². The number of hydrogen-bond donors (Lipinski definition) is 2. The molecule has 0 saturated carbocycles. The highest BCUT2D eigenvalue weighted by Gasteiger charge is 2.59. The molecule has 0 bridgehead atoms. The van der Waals surface area contributed by atoms with E-state index in [1.54, 1.807) is 13.8 Å². The molecule has 7 rings (SSSR count). The fourth-order valence-electron chi connectivity index (χ4n) is 7.08. The molecule has 3 fully saturated rings. The van der Waals surface area contributed by atoms with Crippen molar-refractivity contribution in [1.82, 2.24) is 0 Å². The highest BCUT2D eigenvalue weighted by Crippen LogP contribution is 2.42. The molecule has 0 radical (unpaired) electrons. The van der Waals surface area contributed by atoms with Crippen LogP contribution in [0, 0.1) is 0 Å². The van der Waals surface area contributed by atoms with Gasteiger partial charge in [-0.15, -0.1) is 0 Å². The average molecular weight is 743 g/mol. The van der Waals surface area contributed by atoms with Crippen LogP contribution in [0.4, 0.5) is 0 Å². The second-order valence-electron chi connectivity index (χ2n) is 14.2. The fraction of sp³-hybridized carbons (Fsp3) is 0.442. The molecular formula is C43H50O11. The zero-order valence-electron chi connectivity index (χ0n) is 30.6. The number of rotatable bonds is 17. The van der Waals surface area contributed by atoms with Gasteiger partial charge < -0.3 is 52.8 Å². The standard InChI is InChI=1S/C43H50O11/c1-43(2)53-40-38(35(33(45)23-44)51-42(40)54-43)52-41-39(49-27-32-21-13-6-14-22-32)37(48-26-31-19-11-5-12-20-31)36(47-25-30-17-9-4-10-18-30)34(50-41)28-46-24-29-15-7-3-8-16-29/h3-22,33-42,44-45H,23-28H2,1-2H3/t33?,34?,35-,36+,37?,38+,39?,40-,41+,42-/m1/s1. The predicted octanol–water partition coefficient (Wildman–Crippen LogP) is 5.30. The van der Waals surface area contributed by atoms with Crippen molar-refractivity contribution in [2.45, 2.75) is 107 Å². The molecule has 0 aliphatic carbocycles. The summed E-state index contributed by atoms with van der Waals surface area (Å²) < 4.78 is 58.7. The Bertz CT molecular complexity index is 1680. The van der Waals surface area contributed by atoms with Crippen molar-refractivity contribution in [3.05, 3.63) is 144 Å². The maximum atomic E-state index is 10.9. The highest BCUT2D eigenvalue weighted by atomic mass is 16.9. The number of fused-ring (bicyclic) bond motifs is 1. The van der Waals surface area contributed by atoms with Crippen molar-refractivity contribution >= 4 is 0 Å². The summed E-state index contributed by atoms with van der Waals surface area (Å²) in [7, 11) is 0. The number of hydrogen-bond acceptors (Lipinski definition) is 11. The van der Waals surface area contributed by atoms with E-state index in [4.69, 9.17) is 42.6 Å². The molecule has 0 spiro atoms. The molecule has 4 unspecified atom stereocenters. The van der Waals surface area contributed by atoms with E-state index in [9.17, 15) is 10.2 Å². The van der Waals surface area contributed by atoms with E-state index in [-0.39, 0.29) is 26.4 Å². The molecule has 0 aromatic heterocycles. The van der Waals surface area contributed by atoms with E-state index in [0.29, 0.717) is 6.61 Å². The van der Waals surface area contributed by atoms with Crippen LogP contribution in [0.25, 0.3) is 0 Å². The van der Waals surface area contributed by atoms with Crippen molar-refractivity contribution in [3.8, 4) is 0 Å². The maximum Gasteiger partial charge on any atom is 0.190 e. The smallest absolute Gasteiger partial charge is 0.190 e. The van der Waals surface area contributed by atoms with Crippen LogP contribution >= 0.6 is 0 Å². The van der Waals surface area contributed by atoms with Gasteiger partial charge in [-0.05, 0) is 36.1 Å². The maximum absolute atomic E-state index is 10.9. The van der Waals surface area contributed by atoms with E-state index in [0.717, 1.165) is 22.3 Å². The van der Waals surface area contributed by atoms with Crippen molar-refractivity contribution in [2.75, 3.05) is 13.2 Å². The average Bonchev–Trinajstić information content (AvgIpc) is 3.68. The van der Waals surface area contributed by atoms with Gasteiger partial charge in [-0.3, -0.25) is 0 Å². The first-order valence-electron chi connectivity index (χ1n) is 18.6. The highest BCUT2D eigenvalue weighted by molar-refractivity contribution is 5.16. The fourth-order valence-corrected chi connectivity index (χ4v) is 7.08. The molecule has 3 aliphatic rings. The molecule has 3 saturated heterocycles. The molecule has 0 amide bonds. The third-order valence-electron chi connectivity index (χ3n) is 9.73. The van der Waals surface area contributed by atoms with Gasteiger partial charge in [-0.1, -0.05) is 121 Å². The Morgan fingerprint density at radius 1 is 0.593 bits per heavy atom. The second-order valence-corrected chi connectivity index (χ2v) is 14.2. The van der Waals surface area contributed by atoms with Crippen LogP contribution in [0.15, 0.2) is 121 Å². The van der Waals surface area contributed by atoms with Crippen LogP contribution in [0.5, 0.6) is 0 Å². The summed E-state index contributed by atoms with van der Waals surface area (Å²) >= 11 is 0. The van der Waals surface area contributed by atoms with E-state index >= 15 is 0 Å². The van der Waals surface area contributed by atoms with E-state index in [2.05, 4.69) is 0 Å². The lowest BCUT2D eigenvalue weighted by atomic mass is 9.97. The molecule has 4 aromatic carbocycles. The quantitative estimate of drug-likeness (QED) is 0.147. The van der Waals surface area contributed by atoms with Crippen LogP contribution in [0.1, 0.15) is 36.1 Å². The van der Waals surface area contributed by atoms with E-state index in [1.807, 2.05) is 121 Å². The van der Waals surface area contributed by atoms with E-state index in [1.165, 1.54) is 0 Å². The minimum Gasteiger partial charge on any atom is -0.394 e. The number of benzene rings is 4. The van der Waals surface area contributed by atoms with Gasteiger partial charge in [0.05, 0.1) is 39.6 Å². The summed E-state index contributed by atoms with van der Waals surface area (Å²) in [6.45, 7) is 4.30. The summed E-state index contributed by atoms with van der Waals surface area (Å²) in [6.07, 6.45) is -8.73. The first-order valence-corrected chi connectivity index (χ1v) is 18.6. The van der Waals surface area contributed by atoms with Gasteiger partial charge in [-0.2, -0.15) is 0 Å². The second kappa shape index (κ2) is 18.4. The molecule has 3 aliphatic heterocycles. The van der Waals surface area contributed by atoms with Gasteiger partial charge in [0.1, 0.15) is 48.8 Å². The summed E-state index contributed by atoms with van der Waals surface area (Å²) in [5.41, 5.74) is 3.92. The SMILES string of the molecule is CC1(C)O[C@H]2O[C@H](C(O)CO)[C@H](O[C@@H]3OC(COCc4ccccc4)[C@H](OCc4ccccc4)C(OCc4ccccc4)C3OCc3ccccc3)[C@H]2O1. The summed E-state index contributed by atoms with van der Waals surface area (Å²) in [6, 6.07) is 39.6. The monoisotopic (exact) mass is 742 g/mol. The topological polar surface area (TPSA) is 124 Å². The van der Waals surface area contributed by atoms with Crippen LogP contribution in [0.2, 0.25) is 0 Å². The molecule has 11 heteroatoms. The van der Waals surface area contributed by atoms with Crippen LogP contribution < -0.4 is 0 Å². The Kier molecular flexibility index (Phi) is 13.2. The lowest BCUT2D eigenvalue weighted by molar-refractivity contribution is -0.345. The van der Waals surface area contributed by atoms with Gasteiger partial charge in [0.25, 0.3) is 0 Å². The van der Waals surface area contributed by atoms with Crippen molar-refractivity contribution < 1.29 is 52.8 Å². The van der Waals surface area contributed by atoms with Gasteiger partial charge in [-0.25, -0.2) is 0 Å². The summed E-state index contributed by atoms with van der Waals surface area (Å²) in [5.74, 6) is -0.964. The lowest BCUT2D eigenvalue weighted by Crippen LogP contribution is -2.63. The first kappa shape index (κ1) is 38.7.